The molecule has 0 bridgehead atoms. The molecule has 0 aromatic heterocycles. The highest BCUT2D eigenvalue weighted by Gasteiger charge is 2.24. The number of carbonyl (C=O) groups excluding carboxylic acids is 2. The lowest BCUT2D eigenvalue weighted by atomic mass is 9.95. The Morgan fingerprint density at radius 3 is 2.18 bits per heavy atom. The van der Waals surface area contributed by atoms with E-state index in [1.807, 2.05) is 44.2 Å². The first kappa shape index (κ1) is 21.2. The molecule has 5 nitrogen and oxygen atoms in total. The molecule has 0 saturated heterocycles. The Balaban J connectivity index is 2.34. The molecule has 2 N–H and O–H groups in total. The quantitative estimate of drug-likeness (QED) is 0.753. The molecule has 0 aliphatic carbocycles. The van der Waals surface area contributed by atoms with Gasteiger partial charge in [0.1, 0.15) is 11.4 Å². The fraction of sp³-hybridized carbons (Fsp3) is 0.304. The van der Waals surface area contributed by atoms with Crippen LogP contribution in [-0.4, -0.2) is 18.9 Å². The van der Waals surface area contributed by atoms with Gasteiger partial charge in [0, 0.05) is 11.1 Å². The number of amides is 2. The van der Waals surface area contributed by atoms with Crippen LogP contribution in [0.2, 0.25) is 0 Å². The van der Waals surface area contributed by atoms with E-state index in [2.05, 4.69) is 10.6 Å². The third-order valence-electron chi connectivity index (χ3n) is 4.23. The number of rotatable bonds is 5. The third-order valence-corrected chi connectivity index (χ3v) is 4.23. The molecule has 0 spiro atoms. The lowest BCUT2D eigenvalue weighted by molar-refractivity contribution is -0.128. The Hall–Kier alpha value is -3.08. The van der Waals surface area contributed by atoms with Crippen LogP contribution in [-0.2, 0) is 9.59 Å². The van der Waals surface area contributed by atoms with Crippen LogP contribution >= 0.6 is 0 Å². The van der Waals surface area contributed by atoms with Crippen LogP contribution in [0.4, 0.5) is 5.69 Å². The van der Waals surface area contributed by atoms with Crippen molar-refractivity contribution < 1.29 is 14.3 Å². The van der Waals surface area contributed by atoms with Crippen molar-refractivity contribution in [3.63, 3.8) is 0 Å². The van der Waals surface area contributed by atoms with Gasteiger partial charge in [0.2, 0.25) is 5.91 Å². The van der Waals surface area contributed by atoms with Crippen molar-refractivity contribution in [2.75, 3.05) is 12.4 Å². The number of carbonyl (C=O) groups is 2. The second kappa shape index (κ2) is 8.74. The summed E-state index contributed by atoms with van der Waals surface area (Å²) in [5.74, 6) is 0.112. The molecule has 0 radical (unpaired) electrons. The Kier molecular flexibility index (Phi) is 6.62. The summed E-state index contributed by atoms with van der Waals surface area (Å²) in [6, 6.07) is 13.0. The highest BCUT2D eigenvalue weighted by Crippen LogP contribution is 2.19. The average Bonchev–Trinajstić information content (AvgIpc) is 2.63. The fourth-order valence-corrected chi connectivity index (χ4v) is 2.48. The van der Waals surface area contributed by atoms with Crippen LogP contribution in [0, 0.1) is 19.3 Å². The number of ether oxygens (including phenoxy) is 1. The Labute approximate surface area is 166 Å². The Morgan fingerprint density at radius 2 is 1.64 bits per heavy atom. The number of aryl methyl sites for hydroxylation is 2. The van der Waals surface area contributed by atoms with E-state index in [1.165, 1.54) is 0 Å². The number of benzene rings is 2. The second-order valence-electron chi connectivity index (χ2n) is 7.81. The third kappa shape index (κ3) is 5.71. The zero-order valence-electron chi connectivity index (χ0n) is 17.3. The zero-order valence-corrected chi connectivity index (χ0v) is 17.3. The first-order valence-electron chi connectivity index (χ1n) is 9.16. The van der Waals surface area contributed by atoms with Crippen molar-refractivity contribution in [1.29, 1.82) is 0 Å². The molecule has 0 aliphatic rings. The van der Waals surface area contributed by atoms with Crippen molar-refractivity contribution in [3.05, 3.63) is 64.9 Å². The summed E-state index contributed by atoms with van der Waals surface area (Å²) in [5.41, 5.74) is 3.12. The van der Waals surface area contributed by atoms with E-state index in [0.29, 0.717) is 5.69 Å². The molecule has 2 aromatic rings. The van der Waals surface area contributed by atoms with Gasteiger partial charge in [-0.15, -0.1) is 0 Å². The molecule has 0 atom stereocenters. The number of hydrogen-bond acceptors (Lipinski definition) is 3. The van der Waals surface area contributed by atoms with Gasteiger partial charge in [-0.25, -0.2) is 0 Å². The summed E-state index contributed by atoms with van der Waals surface area (Å²) >= 11 is 0. The van der Waals surface area contributed by atoms with E-state index in [1.54, 1.807) is 46.1 Å². The summed E-state index contributed by atoms with van der Waals surface area (Å²) in [4.78, 5) is 25.4. The van der Waals surface area contributed by atoms with Crippen molar-refractivity contribution in [2.24, 2.45) is 5.41 Å². The highest BCUT2D eigenvalue weighted by molar-refractivity contribution is 6.09. The van der Waals surface area contributed by atoms with Crippen molar-refractivity contribution in [3.8, 4) is 5.75 Å². The molecule has 5 heteroatoms. The summed E-state index contributed by atoms with van der Waals surface area (Å²) in [7, 11) is 1.59. The Bertz CT molecular complexity index is 891. The van der Waals surface area contributed by atoms with E-state index in [4.69, 9.17) is 4.74 Å². The summed E-state index contributed by atoms with van der Waals surface area (Å²) in [6.45, 7) is 9.33. The molecular weight excluding hydrogens is 352 g/mol. The van der Waals surface area contributed by atoms with Crippen LogP contribution in [0.1, 0.15) is 37.5 Å². The highest BCUT2D eigenvalue weighted by atomic mass is 16.5. The Morgan fingerprint density at radius 1 is 1.00 bits per heavy atom. The topological polar surface area (TPSA) is 67.4 Å². The predicted octanol–water partition coefficient (Wildman–Crippen LogP) is 4.45. The minimum absolute atomic E-state index is 0.185. The molecule has 0 unspecified atom stereocenters. The van der Waals surface area contributed by atoms with Crippen molar-refractivity contribution in [1.82, 2.24) is 5.32 Å². The summed E-state index contributed by atoms with van der Waals surface area (Å²) in [5, 5.41) is 5.65. The van der Waals surface area contributed by atoms with Gasteiger partial charge in [0.05, 0.1) is 7.11 Å². The maximum Gasteiger partial charge on any atom is 0.272 e. The van der Waals surface area contributed by atoms with Crippen LogP contribution in [0.25, 0.3) is 6.08 Å². The number of nitrogens with one attached hydrogen (secondary N) is 2. The molecule has 0 fully saturated rings. The van der Waals surface area contributed by atoms with Gasteiger partial charge >= 0.3 is 0 Å². The van der Waals surface area contributed by atoms with Gasteiger partial charge in [-0.1, -0.05) is 50.6 Å². The average molecular weight is 380 g/mol. The van der Waals surface area contributed by atoms with Crippen LogP contribution in [0.3, 0.4) is 0 Å². The number of hydrogen-bond donors (Lipinski definition) is 2. The van der Waals surface area contributed by atoms with Gasteiger partial charge in [-0.05, 0) is 49.2 Å². The molecular formula is C23H28N2O3. The normalized spacial score (nSPS) is 11.7. The first-order chi connectivity index (χ1) is 13.1. The summed E-state index contributed by atoms with van der Waals surface area (Å²) < 4.78 is 5.16. The largest absolute Gasteiger partial charge is 0.497 e. The van der Waals surface area contributed by atoms with Crippen molar-refractivity contribution >= 4 is 23.6 Å². The van der Waals surface area contributed by atoms with Gasteiger partial charge in [0.25, 0.3) is 5.91 Å². The standard InChI is InChI=1S/C23H28N2O3/c1-15-7-12-19(16(2)13-15)24-21(26)20(25-22(27)23(3,4)5)14-17-8-10-18(28-6)11-9-17/h7-14H,1-6H3,(H,24,26)(H,25,27)/b20-14+. The smallest absolute Gasteiger partial charge is 0.272 e. The van der Waals surface area contributed by atoms with Gasteiger partial charge in [-0.3, -0.25) is 9.59 Å². The molecule has 148 valence electrons. The molecule has 2 amide bonds. The van der Waals surface area contributed by atoms with Gasteiger partial charge in [0.15, 0.2) is 0 Å². The van der Waals surface area contributed by atoms with Crippen LogP contribution < -0.4 is 15.4 Å². The van der Waals surface area contributed by atoms with E-state index < -0.39 is 5.41 Å². The monoisotopic (exact) mass is 380 g/mol. The van der Waals surface area contributed by atoms with E-state index in [-0.39, 0.29) is 17.5 Å². The minimum atomic E-state index is -0.626. The van der Waals surface area contributed by atoms with E-state index >= 15 is 0 Å². The number of anilines is 1. The van der Waals surface area contributed by atoms with E-state index in [9.17, 15) is 9.59 Å². The molecule has 0 heterocycles. The minimum Gasteiger partial charge on any atom is -0.497 e. The fourth-order valence-electron chi connectivity index (χ4n) is 2.48. The lowest BCUT2D eigenvalue weighted by Crippen LogP contribution is -2.38. The maximum absolute atomic E-state index is 12.9. The van der Waals surface area contributed by atoms with Crippen LogP contribution in [0.15, 0.2) is 48.2 Å². The zero-order chi connectivity index (χ0) is 20.9. The first-order valence-corrected chi connectivity index (χ1v) is 9.16. The summed E-state index contributed by atoms with van der Waals surface area (Å²) in [6.07, 6.45) is 1.65. The van der Waals surface area contributed by atoms with Crippen LogP contribution in [0.5, 0.6) is 5.75 Å². The number of methoxy groups -OCH3 is 1. The molecule has 0 aliphatic heterocycles. The lowest BCUT2D eigenvalue weighted by Gasteiger charge is -2.19. The molecule has 2 aromatic carbocycles. The van der Waals surface area contributed by atoms with E-state index in [0.717, 1.165) is 22.4 Å². The molecule has 0 saturated carbocycles. The van der Waals surface area contributed by atoms with Gasteiger partial charge in [-0.2, -0.15) is 0 Å². The second-order valence-corrected chi connectivity index (χ2v) is 7.81. The molecule has 28 heavy (non-hydrogen) atoms. The predicted molar refractivity (Wildman–Crippen MR) is 113 cm³/mol. The van der Waals surface area contributed by atoms with Crippen molar-refractivity contribution in [2.45, 2.75) is 34.6 Å². The van der Waals surface area contributed by atoms with Gasteiger partial charge < -0.3 is 15.4 Å². The SMILES string of the molecule is COc1ccc(/C=C(/NC(=O)C(C)(C)C)C(=O)Nc2ccc(C)cc2C)cc1. The molecule has 2 rings (SSSR count). The maximum atomic E-state index is 12.9.